The van der Waals surface area contributed by atoms with Crippen molar-refractivity contribution in [1.29, 1.82) is 0 Å². The molecule has 1 aromatic heterocycles. The van der Waals surface area contributed by atoms with E-state index in [0.29, 0.717) is 6.42 Å². The zero-order valence-corrected chi connectivity index (χ0v) is 11.3. The van der Waals surface area contributed by atoms with E-state index in [-0.39, 0.29) is 5.91 Å². The van der Waals surface area contributed by atoms with Gasteiger partial charge in [-0.1, -0.05) is 6.07 Å². The van der Waals surface area contributed by atoms with Crippen LogP contribution in [0.3, 0.4) is 0 Å². The van der Waals surface area contributed by atoms with Crippen LogP contribution in [0.2, 0.25) is 0 Å². The van der Waals surface area contributed by atoms with E-state index in [4.69, 9.17) is 5.73 Å². The Balaban J connectivity index is 2.09. The van der Waals surface area contributed by atoms with Gasteiger partial charge in [0.15, 0.2) is 0 Å². The molecule has 0 bridgehead atoms. The molecule has 0 saturated heterocycles. The van der Waals surface area contributed by atoms with Gasteiger partial charge in [-0.25, -0.2) is 0 Å². The van der Waals surface area contributed by atoms with E-state index in [1.807, 2.05) is 43.5 Å². The molecule has 2 rings (SSSR count). The summed E-state index contributed by atoms with van der Waals surface area (Å²) in [4.78, 5) is 13.0. The first-order chi connectivity index (χ1) is 8.56. The molecule has 18 heavy (non-hydrogen) atoms. The molecule has 94 valence electrons. The SMILES string of the molecule is Cc1cc(NC(=O)Cc2cccs2)c(C)cc1N. The molecule has 0 spiro atoms. The smallest absolute Gasteiger partial charge is 0.229 e. The topological polar surface area (TPSA) is 55.1 Å². The number of carbonyl (C=O) groups is 1. The maximum absolute atomic E-state index is 11.9. The van der Waals surface area contributed by atoms with Gasteiger partial charge in [0, 0.05) is 16.3 Å². The highest BCUT2D eigenvalue weighted by molar-refractivity contribution is 7.10. The maximum Gasteiger partial charge on any atom is 0.229 e. The maximum atomic E-state index is 11.9. The van der Waals surface area contributed by atoms with Crippen molar-refractivity contribution in [2.45, 2.75) is 20.3 Å². The number of amides is 1. The standard InChI is InChI=1S/C14H16N2OS/c1-9-7-13(10(2)6-12(9)15)16-14(17)8-11-4-3-5-18-11/h3-7H,8,15H2,1-2H3,(H,16,17). The summed E-state index contributed by atoms with van der Waals surface area (Å²) in [6.45, 7) is 3.88. The first kappa shape index (κ1) is 12.6. The lowest BCUT2D eigenvalue weighted by atomic mass is 10.1. The zero-order chi connectivity index (χ0) is 13.1. The second kappa shape index (κ2) is 5.23. The van der Waals surface area contributed by atoms with Gasteiger partial charge in [-0.3, -0.25) is 4.79 Å². The van der Waals surface area contributed by atoms with E-state index in [0.717, 1.165) is 27.4 Å². The molecule has 1 heterocycles. The molecule has 2 aromatic rings. The highest BCUT2D eigenvalue weighted by atomic mass is 32.1. The van der Waals surface area contributed by atoms with Crippen molar-refractivity contribution in [3.8, 4) is 0 Å². The Kier molecular flexibility index (Phi) is 3.67. The van der Waals surface area contributed by atoms with Gasteiger partial charge >= 0.3 is 0 Å². The summed E-state index contributed by atoms with van der Waals surface area (Å²) < 4.78 is 0. The molecule has 1 aromatic carbocycles. The van der Waals surface area contributed by atoms with Gasteiger partial charge in [-0.15, -0.1) is 11.3 Å². The van der Waals surface area contributed by atoms with Gasteiger partial charge in [0.25, 0.3) is 0 Å². The average molecular weight is 260 g/mol. The molecule has 4 heteroatoms. The van der Waals surface area contributed by atoms with Crippen LogP contribution >= 0.6 is 11.3 Å². The molecular weight excluding hydrogens is 244 g/mol. The summed E-state index contributed by atoms with van der Waals surface area (Å²) >= 11 is 1.59. The Morgan fingerprint density at radius 3 is 2.78 bits per heavy atom. The largest absolute Gasteiger partial charge is 0.399 e. The molecule has 0 atom stereocenters. The predicted molar refractivity (Wildman–Crippen MR) is 77.0 cm³/mol. The average Bonchev–Trinajstić information content (AvgIpc) is 2.78. The van der Waals surface area contributed by atoms with Gasteiger partial charge in [-0.2, -0.15) is 0 Å². The number of nitrogen functional groups attached to an aromatic ring is 1. The van der Waals surface area contributed by atoms with Crippen LogP contribution in [-0.2, 0) is 11.2 Å². The first-order valence-corrected chi connectivity index (χ1v) is 6.63. The zero-order valence-electron chi connectivity index (χ0n) is 10.5. The van der Waals surface area contributed by atoms with Crippen molar-refractivity contribution in [2.75, 3.05) is 11.1 Å². The summed E-state index contributed by atoms with van der Waals surface area (Å²) in [5, 5.41) is 4.90. The third-order valence-corrected chi connectivity index (χ3v) is 3.68. The van der Waals surface area contributed by atoms with Crippen molar-refractivity contribution in [2.24, 2.45) is 0 Å². The van der Waals surface area contributed by atoms with Crippen LogP contribution in [0.25, 0.3) is 0 Å². The van der Waals surface area contributed by atoms with Gasteiger partial charge in [-0.05, 0) is 48.6 Å². The number of carbonyl (C=O) groups excluding carboxylic acids is 1. The van der Waals surface area contributed by atoms with Crippen molar-refractivity contribution < 1.29 is 4.79 Å². The van der Waals surface area contributed by atoms with Crippen molar-refractivity contribution in [3.05, 3.63) is 45.6 Å². The van der Waals surface area contributed by atoms with E-state index >= 15 is 0 Å². The summed E-state index contributed by atoms with van der Waals surface area (Å²) in [6.07, 6.45) is 0.417. The Morgan fingerprint density at radius 1 is 1.33 bits per heavy atom. The van der Waals surface area contributed by atoms with Crippen LogP contribution in [0.1, 0.15) is 16.0 Å². The summed E-state index contributed by atoms with van der Waals surface area (Å²) in [7, 11) is 0. The molecule has 3 nitrogen and oxygen atoms in total. The molecule has 0 aliphatic carbocycles. The first-order valence-electron chi connectivity index (χ1n) is 5.75. The highest BCUT2D eigenvalue weighted by Gasteiger charge is 2.08. The molecule has 1 amide bonds. The van der Waals surface area contributed by atoms with Crippen LogP contribution in [0.5, 0.6) is 0 Å². The molecule has 0 aliphatic rings. The van der Waals surface area contributed by atoms with Gasteiger partial charge in [0.1, 0.15) is 0 Å². The van der Waals surface area contributed by atoms with Gasteiger partial charge < -0.3 is 11.1 Å². The number of rotatable bonds is 3. The number of nitrogens with two attached hydrogens (primary N) is 1. The lowest BCUT2D eigenvalue weighted by Gasteiger charge is -2.10. The molecular formula is C14H16N2OS. The van der Waals surface area contributed by atoms with Gasteiger partial charge in [0.2, 0.25) is 5.91 Å². The second-order valence-electron chi connectivity index (χ2n) is 4.33. The fourth-order valence-corrected chi connectivity index (χ4v) is 2.44. The van der Waals surface area contributed by atoms with E-state index in [1.54, 1.807) is 11.3 Å². The van der Waals surface area contributed by atoms with Crippen LogP contribution in [0.4, 0.5) is 11.4 Å². The number of hydrogen-bond acceptors (Lipinski definition) is 3. The minimum Gasteiger partial charge on any atom is -0.399 e. The lowest BCUT2D eigenvalue weighted by Crippen LogP contribution is -2.14. The molecule has 0 aliphatic heterocycles. The molecule has 0 fully saturated rings. The monoisotopic (exact) mass is 260 g/mol. The lowest BCUT2D eigenvalue weighted by molar-refractivity contribution is -0.115. The second-order valence-corrected chi connectivity index (χ2v) is 5.36. The van der Waals surface area contributed by atoms with Crippen LogP contribution in [0, 0.1) is 13.8 Å². The summed E-state index contributed by atoms with van der Waals surface area (Å²) in [5.41, 5.74) is 9.37. The Hall–Kier alpha value is -1.81. The van der Waals surface area contributed by atoms with Crippen molar-refractivity contribution in [1.82, 2.24) is 0 Å². The Labute approximate surface area is 111 Å². The van der Waals surface area contributed by atoms with Crippen LogP contribution in [-0.4, -0.2) is 5.91 Å². The number of anilines is 2. The number of hydrogen-bond donors (Lipinski definition) is 2. The van der Waals surface area contributed by atoms with Crippen LogP contribution < -0.4 is 11.1 Å². The fraction of sp³-hybridized carbons (Fsp3) is 0.214. The summed E-state index contributed by atoms with van der Waals surface area (Å²) in [5.74, 6) is 0.00437. The van der Waals surface area contributed by atoms with E-state index < -0.39 is 0 Å². The van der Waals surface area contributed by atoms with E-state index in [2.05, 4.69) is 5.32 Å². The Bertz CT molecular complexity index is 561. The predicted octanol–water partition coefficient (Wildman–Crippen LogP) is 3.13. The molecule has 0 saturated carbocycles. The minimum atomic E-state index is 0.00437. The third kappa shape index (κ3) is 2.90. The number of benzene rings is 1. The number of thiophene rings is 1. The molecule has 0 unspecified atom stereocenters. The van der Waals surface area contributed by atoms with E-state index in [1.165, 1.54) is 0 Å². The highest BCUT2D eigenvalue weighted by Crippen LogP contribution is 2.22. The van der Waals surface area contributed by atoms with Crippen molar-refractivity contribution >= 4 is 28.6 Å². The number of nitrogens with one attached hydrogen (secondary N) is 1. The fourth-order valence-electron chi connectivity index (χ4n) is 1.74. The van der Waals surface area contributed by atoms with Crippen LogP contribution in [0.15, 0.2) is 29.6 Å². The third-order valence-electron chi connectivity index (χ3n) is 2.80. The molecule has 3 N–H and O–H groups in total. The number of aryl methyl sites for hydroxylation is 2. The quantitative estimate of drug-likeness (QED) is 0.833. The normalized spacial score (nSPS) is 10.3. The van der Waals surface area contributed by atoms with E-state index in [9.17, 15) is 4.79 Å². The minimum absolute atomic E-state index is 0.00437. The summed E-state index contributed by atoms with van der Waals surface area (Å²) in [6, 6.07) is 7.71. The Morgan fingerprint density at radius 2 is 2.11 bits per heavy atom. The van der Waals surface area contributed by atoms with Gasteiger partial charge in [0.05, 0.1) is 6.42 Å². The molecule has 0 radical (unpaired) electrons. The van der Waals surface area contributed by atoms with Crippen molar-refractivity contribution in [3.63, 3.8) is 0 Å².